The minimum Gasteiger partial charge on any atom is -0.308 e. The third-order valence-corrected chi connectivity index (χ3v) is 5.25. The molecule has 0 aliphatic carbocycles. The molecular weight excluding hydrogens is 387 g/mol. The van der Waals surface area contributed by atoms with Gasteiger partial charge in [-0.05, 0) is 47.5 Å². The number of rotatable bonds is 4. The van der Waals surface area contributed by atoms with Gasteiger partial charge in [0.1, 0.15) is 5.82 Å². The number of pyridine rings is 2. The van der Waals surface area contributed by atoms with Crippen LogP contribution in [0.4, 0.5) is 13.2 Å². The molecule has 3 heterocycles. The molecule has 4 aromatic rings. The smallest absolute Gasteiger partial charge is 0.308 e. The molecule has 0 saturated heterocycles. The van der Waals surface area contributed by atoms with Crippen LogP contribution in [0.2, 0.25) is 0 Å². The summed E-state index contributed by atoms with van der Waals surface area (Å²) in [5.41, 5.74) is 1.77. The number of hydrogen-bond donors (Lipinski definition) is 0. The van der Waals surface area contributed by atoms with Crippen LogP contribution >= 0.6 is 0 Å². The lowest BCUT2D eigenvalue weighted by atomic mass is 9.79. The molecule has 3 aromatic heterocycles. The first kappa shape index (κ1) is 19.9. The zero-order valence-corrected chi connectivity index (χ0v) is 16.6. The molecule has 0 aliphatic rings. The Bertz CT molecular complexity index is 1160. The van der Waals surface area contributed by atoms with Gasteiger partial charge < -0.3 is 4.57 Å². The van der Waals surface area contributed by atoms with Crippen molar-refractivity contribution in [3.63, 3.8) is 0 Å². The number of halogens is 3. The monoisotopic (exact) mass is 407 g/mol. The van der Waals surface area contributed by atoms with E-state index in [1.54, 1.807) is 12.3 Å². The number of alkyl halides is 3. The highest BCUT2D eigenvalue weighted by Gasteiger charge is 2.33. The van der Waals surface area contributed by atoms with Gasteiger partial charge in [0.2, 0.25) is 0 Å². The summed E-state index contributed by atoms with van der Waals surface area (Å²) in [6.07, 6.45) is 1.13. The first-order chi connectivity index (χ1) is 14.2. The minimum atomic E-state index is -4.37. The summed E-state index contributed by atoms with van der Waals surface area (Å²) in [4.78, 5) is 9.01. The summed E-state index contributed by atoms with van der Waals surface area (Å²) < 4.78 is 41.3. The molecule has 1 aromatic carbocycles. The van der Waals surface area contributed by atoms with E-state index in [-0.39, 0.29) is 0 Å². The van der Waals surface area contributed by atoms with Crippen molar-refractivity contribution in [2.45, 2.75) is 25.4 Å². The third kappa shape index (κ3) is 3.85. The van der Waals surface area contributed by atoms with Crippen molar-refractivity contribution >= 4 is 0 Å². The van der Waals surface area contributed by atoms with Crippen LogP contribution < -0.4 is 0 Å². The number of hydrogen-bond acceptors (Lipinski definition) is 2. The molecule has 0 aliphatic heterocycles. The Morgan fingerprint density at radius 1 is 0.767 bits per heavy atom. The van der Waals surface area contributed by atoms with E-state index < -0.39 is 17.2 Å². The van der Waals surface area contributed by atoms with Crippen LogP contribution in [0.3, 0.4) is 0 Å². The number of aromatic nitrogens is 3. The zero-order valence-electron chi connectivity index (χ0n) is 16.6. The number of nitrogens with zero attached hydrogens (tertiary/aromatic N) is 3. The maximum Gasteiger partial charge on any atom is 0.416 e. The molecule has 152 valence electrons. The highest BCUT2D eigenvalue weighted by Crippen LogP contribution is 2.36. The minimum absolute atomic E-state index is 0.602. The maximum absolute atomic E-state index is 13.1. The first-order valence-corrected chi connectivity index (χ1v) is 9.50. The lowest BCUT2D eigenvalue weighted by Gasteiger charge is -2.25. The van der Waals surface area contributed by atoms with E-state index >= 15 is 0 Å². The second kappa shape index (κ2) is 7.44. The van der Waals surface area contributed by atoms with E-state index in [2.05, 4.69) is 9.97 Å². The van der Waals surface area contributed by atoms with Crippen molar-refractivity contribution in [1.29, 1.82) is 0 Å². The molecule has 0 radical (unpaired) electrons. The van der Waals surface area contributed by atoms with E-state index in [9.17, 15) is 13.2 Å². The first-order valence-electron chi connectivity index (χ1n) is 9.50. The Morgan fingerprint density at radius 2 is 1.50 bits per heavy atom. The summed E-state index contributed by atoms with van der Waals surface area (Å²) in [6, 6.07) is 18.7. The molecule has 4 rings (SSSR count). The van der Waals surface area contributed by atoms with Crippen molar-refractivity contribution < 1.29 is 13.2 Å². The van der Waals surface area contributed by atoms with Crippen molar-refractivity contribution in [3.05, 3.63) is 102 Å². The highest BCUT2D eigenvalue weighted by molar-refractivity contribution is 5.55. The molecule has 0 atom stereocenters. The van der Waals surface area contributed by atoms with E-state index in [1.165, 1.54) is 12.1 Å². The molecule has 30 heavy (non-hydrogen) atoms. The lowest BCUT2D eigenvalue weighted by Crippen LogP contribution is -2.19. The molecule has 0 N–H and O–H groups in total. The quantitative estimate of drug-likeness (QED) is 0.399. The van der Waals surface area contributed by atoms with Crippen LogP contribution in [-0.2, 0) is 11.6 Å². The molecule has 0 unspecified atom stereocenters. The average molecular weight is 407 g/mol. The van der Waals surface area contributed by atoms with Gasteiger partial charge in [-0.25, -0.2) is 4.98 Å². The van der Waals surface area contributed by atoms with Gasteiger partial charge in [-0.15, -0.1) is 0 Å². The molecule has 0 amide bonds. The average Bonchev–Trinajstić information content (AvgIpc) is 3.25. The van der Waals surface area contributed by atoms with Crippen molar-refractivity contribution in [2.24, 2.45) is 0 Å². The maximum atomic E-state index is 13.1. The SMILES string of the molecule is CC(C)(c1cccc(C(F)(F)F)c1)c1ccn(-c2cccc(-c3ccccn3)n2)c1. The van der Waals surface area contributed by atoms with Crippen LogP contribution in [0, 0.1) is 0 Å². The summed E-state index contributed by atoms with van der Waals surface area (Å²) in [5, 5.41) is 0. The normalized spacial score (nSPS) is 12.2. The van der Waals surface area contributed by atoms with Crippen LogP contribution in [0.25, 0.3) is 17.2 Å². The summed E-state index contributed by atoms with van der Waals surface area (Å²) in [6.45, 7) is 3.83. The summed E-state index contributed by atoms with van der Waals surface area (Å²) in [7, 11) is 0. The Labute approximate surface area is 172 Å². The molecule has 0 fully saturated rings. The van der Waals surface area contributed by atoms with Crippen LogP contribution in [0.1, 0.15) is 30.5 Å². The predicted octanol–water partition coefficient (Wildman–Crippen LogP) is 6.28. The number of benzene rings is 1. The van der Waals surface area contributed by atoms with Gasteiger partial charge in [-0.2, -0.15) is 13.2 Å². The van der Waals surface area contributed by atoms with Gasteiger partial charge >= 0.3 is 6.18 Å². The highest BCUT2D eigenvalue weighted by atomic mass is 19.4. The van der Waals surface area contributed by atoms with Crippen LogP contribution in [0.5, 0.6) is 0 Å². The molecule has 6 heteroatoms. The van der Waals surface area contributed by atoms with Gasteiger partial charge in [0, 0.05) is 24.0 Å². The van der Waals surface area contributed by atoms with Crippen molar-refractivity contribution in [1.82, 2.24) is 14.5 Å². The fourth-order valence-corrected chi connectivity index (χ4v) is 3.38. The Morgan fingerprint density at radius 3 is 2.23 bits per heavy atom. The fourth-order valence-electron chi connectivity index (χ4n) is 3.38. The van der Waals surface area contributed by atoms with E-state index in [1.807, 2.05) is 73.3 Å². The van der Waals surface area contributed by atoms with Gasteiger partial charge in [0.15, 0.2) is 0 Å². The molecular formula is C24H20F3N3. The third-order valence-electron chi connectivity index (χ3n) is 5.25. The van der Waals surface area contributed by atoms with E-state index in [4.69, 9.17) is 0 Å². The molecule has 0 spiro atoms. The second-order valence-electron chi connectivity index (χ2n) is 7.61. The largest absolute Gasteiger partial charge is 0.416 e. The lowest BCUT2D eigenvalue weighted by molar-refractivity contribution is -0.137. The Hall–Kier alpha value is -3.41. The molecule has 0 bridgehead atoms. The van der Waals surface area contributed by atoms with Crippen LogP contribution in [0.15, 0.2) is 85.3 Å². The summed E-state index contributed by atoms with van der Waals surface area (Å²) in [5.74, 6) is 0.712. The summed E-state index contributed by atoms with van der Waals surface area (Å²) >= 11 is 0. The van der Waals surface area contributed by atoms with Gasteiger partial charge in [-0.3, -0.25) is 4.98 Å². The molecule has 3 nitrogen and oxygen atoms in total. The topological polar surface area (TPSA) is 30.7 Å². The molecule has 0 saturated carbocycles. The van der Waals surface area contributed by atoms with Gasteiger partial charge in [0.05, 0.1) is 17.0 Å². The fraction of sp³-hybridized carbons (Fsp3) is 0.167. The standard InChI is InChI=1S/C24H20F3N3/c1-23(2,17-7-5-8-18(15-17)24(25,26)27)19-12-14-30(16-19)22-11-6-10-21(29-22)20-9-3-4-13-28-20/h3-16H,1-2H3. The van der Waals surface area contributed by atoms with Crippen molar-refractivity contribution in [2.75, 3.05) is 0 Å². The van der Waals surface area contributed by atoms with Crippen molar-refractivity contribution in [3.8, 4) is 17.2 Å². The predicted molar refractivity (Wildman–Crippen MR) is 110 cm³/mol. The van der Waals surface area contributed by atoms with Gasteiger partial charge in [-0.1, -0.05) is 44.2 Å². The van der Waals surface area contributed by atoms with E-state index in [0.717, 1.165) is 23.0 Å². The van der Waals surface area contributed by atoms with Gasteiger partial charge in [0.25, 0.3) is 0 Å². The Kier molecular flexibility index (Phi) is 4.94. The van der Waals surface area contributed by atoms with E-state index in [0.29, 0.717) is 11.4 Å². The van der Waals surface area contributed by atoms with Crippen LogP contribution in [-0.4, -0.2) is 14.5 Å². The second-order valence-corrected chi connectivity index (χ2v) is 7.61. The Balaban J connectivity index is 1.68. The zero-order chi connectivity index (χ0) is 21.4.